The second-order valence-corrected chi connectivity index (χ2v) is 9.72. The molecule has 0 aromatic heterocycles. The molecule has 1 spiro atoms. The molecule has 4 N–H and O–H groups in total. The van der Waals surface area contributed by atoms with E-state index in [2.05, 4.69) is 42.5 Å². The molecule has 10 heteroatoms. The van der Waals surface area contributed by atoms with Gasteiger partial charge in [-0.15, -0.1) is 0 Å². The number of carbonyl (C=O) groups is 4. The lowest BCUT2D eigenvalue weighted by Gasteiger charge is -2.27. The summed E-state index contributed by atoms with van der Waals surface area (Å²) in [5, 5.41) is 5.18. The van der Waals surface area contributed by atoms with Crippen LogP contribution in [0.15, 0.2) is 39.3 Å². The molecule has 32 heavy (non-hydrogen) atoms. The van der Waals surface area contributed by atoms with Crippen LogP contribution in [-0.2, 0) is 22.4 Å². The van der Waals surface area contributed by atoms with Crippen molar-refractivity contribution in [2.45, 2.75) is 31.2 Å². The summed E-state index contributed by atoms with van der Waals surface area (Å²) in [5.74, 6) is -0.755. The summed E-state index contributed by atoms with van der Waals surface area (Å²) >= 11 is 6.63. The number of nitrogens with zero attached hydrogens (tertiary/aromatic N) is 1. The number of rotatable bonds is 5. The van der Waals surface area contributed by atoms with Gasteiger partial charge in [0.15, 0.2) is 5.78 Å². The van der Waals surface area contributed by atoms with Crippen molar-refractivity contribution in [1.29, 1.82) is 0 Å². The van der Waals surface area contributed by atoms with Crippen LogP contribution in [0.1, 0.15) is 34.3 Å². The molecule has 8 nitrogen and oxygen atoms in total. The summed E-state index contributed by atoms with van der Waals surface area (Å²) in [6.45, 7) is 0. The Balaban J connectivity index is 1.39. The Morgan fingerprint density at radius 3 is 2.38 bits per heavy atom. The van der Waals surface area contributed by atoms with E-state index in [9.17, 15) is 19.2 Å². The normalized spacial score (nSPS) is 19.3. The minimum absolute atomic E-state index is 0.0269. The van der Waals surface area contributed by atoms with E-state index in [4.69, 9.17) is 5.73 Å². The number of hydrogen-bond donors (Lipinski definition) is 3. The third-order valence-electron chi connectivity index (χ3n) is 6.03. The molecule has 2 aromatic rings. The number of halogens is 2. The van der Waals surface area contributed by atoms with Crippen molar-refractivity contribution in [3.05, 3.63) is 56.0 Å². The van der Waals surface area contributed by atoms with Crippen molar-refractivity contribution in [2.24, 2.45) is 0 Å². The lowest BCUT2D eigenvalue weighted by atomic mass is 9.95. The van der Waals surface area contributed by atoms with Crippen LogP contribution in [0.5, 0.6) is 0 Å². The number of benzene rings is 2. The van der Waals surface area contributed by atoms with Gasteiger partial charge >= 0.3 is 6.03 Å². The Kier molecular flexibility index (Phi) is 5.85. The van der Waals surface area contributed by atoms with E-state index in [-0.39, 0.29) is 30.4 Å². The highest BCUT2D eigenvalue weighted by Gasteiger charge is 2.54. The van der Waals surface area contributed by atoms with E-state index in [1.54, 1.807) is 25.2 Å². The molecule has 1 saturated heterocycles. The molecule has 0 saturated carbocycles. The van der Waals surface area contributed by atoms with Crippen molar-refractivity contribution in [3.63, 3.8) is 0 Å². The predicted octanol–water partition coefficient (Wildman–Crippen LogP) is 3.41. The number of imide groups is 1. The first-order valence-electron chi connectivity index (χ1n) is 9.89. The van der Waals surface area contributed by atoms with Crippen LogP contribution in [0.2, 0.25) is 0 Å². The van der Waals surface area contributed by atoms with Crippen molar-refractivity contribution in [3.8, 4) is 0 Å². The molecular formula is C22H20Br2N4O4. The van der Waals surface area contributed by atoms with Gasteiger partial charge in [-0.05, 0) is 67.3 Å². The molecule has 166 valence electrons. The van der Waals surface area contributed by atoms with Gasteiger partial charge in [-0.2, -0.15) is 0 Å². The van der Waals surface area contributed by atoms with Crippen LogP contribution in [0.25, 0.3) is 0 Å². The SMILES string of the molecule is CN1C(=O)NC(=O)C12Cc1ccc(NC(=O)CCC(=O)c3cc(Br)c(N)c(Br)c3)cc1C2. The molecule has 1 unspecified atom stereocenters. The molecule has 1 atom stereocenters. The number of nitrogens with one attached hydrogen (secondary N) is 2. The number of likely N-dealkylation sites (N-methyl/N-ethyl adjacent to an activating group) is 1. The maximum Gasteiger partial charge on any atom is 0.324 e. The van der Waals surface area contributed by atoms with Gasteiger partial charge in [0.1, 0.15) is 5.54 Å². The maximum absolute atomic E-state index is 12.5. The second kappa shape index (κ2) is 8.32. The van der Waals surface area contributed by atoms with Crippen molar-refractivity contribution in [1.82, 2.24) is 10.2 Å². The van der Waals surface area contributed by atoms with Crippen molar-refractivity contribution >= 4 is 66.9 Å². The summed E-state index contributed by atoms with van der Waals surface area (Å²) in [7, 11) is 1.62. The summed E-state index contributed by atoms with van der Waals surface area (Å²) in [6.07, 6.45) is 0.903. The topological polar surface area (TPSA) is 122 Å². The van der Waals surface area contributed by atoms with Gasteiger partial charge in [0.05, 0.1) is 5.69 Å². The molecule has 1 fully saturated rings. The van der Waals surface area contributed by atoms with Crippen molar-refractivity contribution in [2.75, 3.05) is 18.1 Å². The number of nitrogens with two attached hydrogens (primary N) is 1. The Morgan fingerprint density at radius 1 is 1.09 bits per heavy atom. The standard InChI is InChI=1S/C22H20Br2N4O4/c1-28-21(32)27-20(31)22(28)9-11-2-3-14(6-13(11)10-22)26-18(30)5-4-17(29)12-7-15(23)19(25)16(24)8-12/h2-3,6-8H,4-5,9-10,25H2,1H3,(H,26,30)(H,27,31,32). The highest BCUT2D eigenvalue weighted by molar-refractivity contribution is 9.11. The van der Waals surface area contributed by atoms with Crippen LogP contribution >= 0.6 is 31.9 Å². The number of hydrogen-bond acceptors (Lipinski definition) is 5. The maximum atomic E-state index is 12.5. The van der Waals surface area contributed by atoms with Gasteiger partial charge < -0.3 is 16.0 Å². The van der Waals surface area contributed by atoms with E-state index in [0.717, 1.165) is 11.1 Å². The van der Waals surface area contributed by atoms with Crippen LogP contribution in [0.3, 0.4) is 0 Å². The number of anilines is 2. The average molecular weight is 564 g/mol. The Morgan fingerprint density at radius 2 is 1.75 bits per heavy atom. The highest BCUT2D eigenvalue weighted by atomic mass is 79.9. The number of nitrogen functional groups attached to an aromatic ring is 1. The fourth-order valence-corrected chi connectivity index (χ4v) is 5.30. The predicted molar refractivity (Wildman–Crippen MR) is 126 cm³/mol. The summed E-state index contributed by atoms with van der Waals surface area (Å²) < 4.78 is 1.22. The van der Waals surface area contributed by atoms with E-state index < -0.39 is 11.6 Å². The number of fused-ring (bicyclic) bond motifs is 1. The zero-order chi connectivity index (χ0) is 23.2. The Labute approximate surface area is 201 Å². The van der Waals surface area contributed by atoms with Crippen molar-refractivity contribution < 1.29 is 19.2 Å². The largest absolute Gasteiger partial charge is 0.397 e. The fraction of sp³-hybridized carbons (Fsp3) is 0.273. The first-order chi connectivity index (χ1) is 15.1. The second-order valence-electron chi connectivity index (χ2n) is 8.01. The van der Waals surface area contributed by atoms with E-state index in [1.165, 1.54) is 4.90 Å². The number of urea groups is 1. The molecule has 1 aliphatic heterocycles. The van der Waals surface area contributed by atoms with Crippen LogP contribution in [0.4, 0.5) is 16.2 Å². The fourth-order valence-electron chi connectivity index (χ4n) is 4.12. The number of carbonyl (C=O) groups excluding carboxylic acids is 4. The number of Topliss-reactive ketones (excluding diaryl/α,β-unsaturated/α-hetero) is 1. The monoisotopic (exact) mass is 562 g/mol. The quantitative estimate of drug-likeness (QED) is 0.292. The zero-order valence-electron chi connectivity index (χ0n) is 17.1. The summed E-state index contributed by atoms with van der Waals surface area (Å²) in [4.78, 5) is 50.6. The lowest BCUT2D eigenvalue weighted by Crippen LogP contribution is -2.48. The van der Waals surface area contributed by atoms with Gasteiger partial charge in [0.25, 0.3) is 5.91 Å². The van der Waals surface area contributed by atoms with Crippen LogP contribution < -0.4 is 16.4 Å². The third kappa shape index (κ3) is 3.93. The van der Waals surface area contributed by atoms with Gasteiger partial charge in [-0.3, -0.25) is 19.7 Å². The van der Waals surface area contributed by atoms with Gasteiger partial charge in [0.2, 0.25) is 5.91 Å². The van der Waals surface area contributed by atoms with Gasteiger partial charge in [-0.25, -0.2) is 4.79 Å². The van der Waals surface area contributed by atoms with Crippen LogP contribution in [0, 0.1) is 0 Å². The first-order valence-corrected chi connectivity index (χ1v) is 11.5. The Hall–Kier alpha value is -2.72. The van der Waals surface area contributed by atoms with Crippen LogP contribution in [-0.4, -0.2) is 41.1 Å². The van der Waals surface area contributed by atoms with E-state index in [1.807, 2.05) is 12.1 Å². The smallest absolute Gasteiger partial charge is 0.324 e. The Bertz CT molecular complexity index is 1160. The number of ketones is 1. The molecule has 4 rings (SSSR count). The molecule has 2 aromatic carbocycles. The minimum Gasteiger partial charge on any atom is -0.397 e. The molecule has 0 radical (unpaired) electrons. The lowest BCUT2D eigenvalue weighted by molar-refractivity contribution is -0.125. The van der Waals surface area contributed by atoms with Gasteiger partial charge in [0, 0.05) is 52.9 Å². The molecule has 1 heterocycles. The molecular weight excluding hydrogens is 544 g/mol. The third-order valence-corrected chi connectivity index (χ3v) is 7.34. The highest BCUT2D eigenvalue weighted by Crippen LogP contribution is 2.38. The minimum atomic E-state index is -0.907. The molecule has 0 bridgehead atoms. The summed E-state index contributed by atoms with van der Waals surface area (Å²) in [5.41, 5.74) is 8.37. The summed E-state index contributed by atoms with van der Waals surface area (Å²) in [6, 6.07) is 8.32. The van der Waals surface area contributed by atoms with E-state index in [0.29, 0.717) is 38.7 Å². The molecule has 1 aliphatic carbocycles. The molecule has 2 aliphatic rings. The molecule has 4 amide bonds. The van der Waals surface area contributed by atoms with Gasteiger partial charge in [-0.1, -0.05) is 6.07 Å². The average Bonchev–Trinajstić information content (AvgIpc) is 3.23. The van der Waals surface area contributed by atoms with E-state index >= 15 is 0 Å². The zero-order valence-corrected chi connectivity index (χ0v) is 20.3. The first kappa shape index (κ1) is 22.5. The number of amides is 4.